The van der Waals surface area contributed by atoms with Crippen LogP contribution in [0.1, 0.15) is 22.5 Å². The van der Waals surface area contributed by atoms with E-state index in [4.69, 9.17) is 14.7 Å². The van der Waals surface area contributed by atoms with Crippen molar-refractivity contribution >= 4 is 11.3 Å². The molecule has 20 heavy (non-hydrogen) atoms. The molecule has 0 atom stereocenters. The highest BCUT2D eigenvalue weighted by Crippen LogP contribution is 2.19. The molecular weight excluding hydrogens is 272 g/mol. The largest absolute Gasteiger partial charge is 0.494 e. The number of aryl methyl sites for hydroxylation is 1. The molecule has 0 bridgehead atoms. The van der Waals surface area contributed by atoms with E-state index < -0.39 is 0 Å². The van der Waals surface area contributed by atoms with Gasteiger partial charge in [0.2, 0.25) is 0 Å². The Morgan fingerprint density at radius 2 is 1.85 bits per heavy atom. The van der Waals surface area contributed by atoms with Crippen LogP contribution in [0.4, 0.5) is 0 Å². The van der Waals surface area contributed by atoms with Crippen LogP contribution in [-0.4, -0.2) is 18.2 Å². The molecule has 0 unspecified atom stereocenters. The fraction of sp³-hybridized carbons (Fsp3) is 0.333. The summed E-state index contributed by atoms with van der Waals surface area (Å²) in [7, 11) is 0. The molecule has 4 nitrogen and oxygen atoms in total. The van der Waals surface area contributed by atoms with Crippen LogP contribution in [0.3, 0.4) is 0 Å². The van der Waals surface area contributed by atoms with Gasteiger partial charge in [-0.25, -0.2) is 4.98 Å². The summed E-state index contributed by atoms with van der Waals surface area (Å²) in [5.41, 5.74) is 0.800. The number of nitrogens with zero attached hydrogens (tertiary/aromatic N) is 2. The normalized spacial score (nSPS) is 10.1. The molecule has 0 aliphatic rings. The van der Waals surface area contributed by atoms with E-state index in [2.05, 4.69) is 11.1 Å². The zero-order valence-electron chi connectivity index (χ0n) is 11.5. The number of aromatic nitrogens is 1. The molecule has 0 spiro atoms. The second-order valence-electron chi connectivity index (χ2n) is 4.14. The Morgan fingerprint density at radius 3 is 2.40 bits per heavy atom. The van der Waals surface area contributed by atoms with Gasteiger partial charge in [-0.2, -0.15) is 5.26 Å². The van der Waals surface area contributed by atoms with Gasteiger partial charge in [0.25, 0.3) is 0 Å². The molecule has 2 aromatic rings. The lowest BCUT2D eigenvalue weighted by Gasteiger charge is -2.06. The Labute approximate surface area is 122 Å². The molecule has 0 aliphatic heterocycles. The Morgan fingerprint density at radius 1 is 1.20 bits per heavy atom. The molecule has 104 valence electrons. The lowest BCUT2D eigenvalue weighted by atomic mass is 10.3. The third kappa shape index (κ3) is 3.72. The van der Waals surface area contributed by atoms with Crippen molar-refractivity contribution in [2.75, 3.05) is 13.2 Å². The number of thiazole rings is 1. The third-order valence-electron chi connectivity index (χ3n) is 2.66. The van der Waals surface area contributed by atoms with Crippen LogP contribution in [0.5, 0.6) is 11.5 Å². The molecule has 1 aromatic heterocycles. The smallest absolute Gasteiger partial charge is 0.127 e. The molecule has 0 saturated heterocycles. The Bertz CT molecular complexity index is 599. The van der Waals surface area contributed by atoms with Crippen LogP contribution in [-0.2, 0) is 6.42 Å². The van der Waals surface area contributed by atoms with Gasteiger partial charge in [0, 0.05) is 6.42 Å². The number of rotatable bonds is 6. The number of benzene rings is 1. The topological polar surface area (TPSA) is 55.1 Å². The Hall–Kier alpha value is -2.06. The highest BCUT2D eigenvalue weighted by atomic mass is 32.1. The van der Waals surface area contributed by atoms with Gasteiger partial charge in [-0.1, -0.05) is 0 Å². The van der Waals surface area contributed by atoms with Gasteiger partial charge in [-0.05, 0) is 38.1 Å². The highest BCUT2D eigenvalue weighted by Gasteiger charge is 2.06. The van der Waals surface area contributed by atoms with E-state index >= 15 is 0 Å². The van der Waals surface area contributed by atoms with Gasteiger partial charge in [0.1, 0.15) is 22.4 Å². The van der Waals surface area contributed by atoms with E-state index in [1.807, 2.05) is 38.1 Å². The van der Waals surface area contributed by atoms with Gasteiger partial charge in [-0.3, -0.25) is 0 Å². The molecule has 0 amide bonds. The van der Waals surface area contributed by atoms with E-state index in [0.717, 1.165) is 22.2 Å². The van der Waals surface area contributed by atoms with Crippen molar-refractivity contribution in [2.45, 2.75) is 20.3 Å². The molecule has 1 heterocycles. The maximum absolute atomic E-state index is 8.88. The van der Waals surface area contributed by atoms with Crippen molar-refractivity contribution in [1.29, 1.82) is 5.26 Å². The average molecular weight is 288 g/mol. The molecule has 0 N–H and O–H groups in total. The van der Waals surface area contributed by atoms with E-state index in [9.17, 15) is 0 Å². The summed E-state index contributed by atoms with van der Waals surface area (Å²) >= 11 is 1.43. The van der Waals surface area contributed by atoms with Crippen molar-refractivity contribution in [1.82, 2.24) is 4.98 Å². The van der Waals surface area contributed by atoms with Crippen molar-refractivity contribution in [3.05, 3.63) is 39.8 Å². The van der Waals surface area contributed by atoms with Crippen molar-refractivity contribution in [3.8, 4) is 17.6 Å². The molecule has 1 aromatic carbocycles. The standard InChI is InChI=1S/C15H16N2O2S/c1-3-18-12-4-6-13(7-5-12)19-9-8-15-17-11(2)14(10-16)20-15/h4-7H,3,8-9H2,1-2H3. The summed E-state index contributed by atoms with van der Waals surface area (Å²) in [6.07, 6.45) is 0.709. The molecule has 0 radical (unpaired) electrons. The molecular formula is C15H16N2O2S. The number of nitriles is 1. The van der Waals surface area contributed by atoms with E-state index in [0.29, 0.717) is 24.5 Å². The minimum absolute atomic E-state index is 0.547. The maximum Gasteiger partial charge on any atom is 0.127 e. The maximum atomic E-state index is 8.88. The minimum atomic E-state index is 0.547. The number of ether oxygens (including phenoxy) is 2. The lowest BCUT2D eigenvalue weighted by Crippen LogP contribution is -2.01. The number of hydrogen-bond donors (Lipinski definition) is 0. The fourth-order valence-electron chi connectivity index (χ4n) is 1.72. The van der Waals surface area contributed by atoms with Crippen LogP contribution in [0, 0.1) is 18.3 Å². The van der Waals surface area contributed by atoms with Crippen molar-refractivity contribution in [2.24, 2.45) is 0 Å². The van der Waals surface area contributed by atoms with Gasteiger partial charge in [-0.15, -0.1) is 11.3 Å². The van der Waals surface area contributed by atoms with E-state index in [1.54, 1.807) is 0 Å². The third-order valence-corrected chi connectivity index (χ3v) is 3.78. The zero-order chi connectivity index (χ0) is 14.4. The molecule has 0 saturated carbocycles. The first kappa shape index (κ1) is 14.4. The first-order valence-corrected chi connectivity index (χ1v) is 7.26. The fourth-order valence-corrected chi connectivity index (χ4v) is 2.56. The quantitative estimate of drug-likeness (QED) is 0.818. The monoisotopic (exact) mass is 288 g/mol. The Balaban J connectivity index is 1.84. The van der Waals surface area contributed by atoms with Crippen LogP contribution in [0.2, 0.25) is 0 Å². The molecule has 2 rings (SSSR count). The second kappa shape index (κ2) is 6.92. The van der Waals surface area contributed by atoms with Gasteiger partial charge < -0.3 is 9.47 Å². The summed E-state index contributed by atoms with van der Waals surface area (Å²) in [5.74, 6) is 1.65. The van der Waals surface area contributed by atoms with Gasteiger partial charge in [0.05, 0.1) is 23.9 Å². The molecule has 0 fully saturated rings. The Kier molecular flexibility index (Phi) is 4.97. The SMILES string of the molecule is CCOc1ccc(OCCc2nc(C)c(C#N)s2)cc1. The number of hydrogen-bond acceptors (Lipinski definition) is 5. The predicted octanol–water partition coefficient (Wildman–Crippen LogP) is 3.34. The van der Waals surface area contributed by atoms with Crippen LogP contribution in [0.25, 0.3) is 0 Å². The summed E-state index contributed by atoms with van der Waals surface area (Å²) in [6, 6.07) is 9.70. The minimum Gasteiger partial charge on any atom is -0.494 e. The lowest BCUT2D eigenvalue weighted by molar-refractivity contribution is 0.318. The molecule has 0 aliphatic carbocycles. The highest BCUT2D eigenvalue weighted by molar-refractivity contribution is 7.12. The predicted molar refractivity (Wildman–Crippen MR) is 78.4 cm³/mol. The van der Waals surface area contributed by atoms with Crippen LogP contribution >= 0.6 is 11.3 Å². The summed E-state index contributed by atoms with van der Waals surface area (Å²) in [6.45, 7) is 5.01. The van der Waals surface area contributed by atoms with Gasteiger partial charge >= 0.3 is 0 Å². The van der Waals surface area contributed by atoms with Crippen molar-refractivity contribution < 1.29 is 9.47 Å². The first-order valence-electron chi connectivity index (χ1n) is 6.45. The average Bonchev–Trinajstić information content (AvgIpc) is 2.81. The van der Waals surface area contributed by atoms with Gasteiger partial charge in [0.15, 0.2) is 0 Å². The van der Waals surface area contributed by atoms with E-state index in [-0.39, 0.29) is 0 Å². The molecule has 5 heteroatoms. The van der Waals surface area contributed by atoms with Crippen LogP contribution < -0.4 is 9.47 Å². The van der Waals surface area contributed by atoms with E-state index in [1.165, 1.54) is 11.3 Å². The van der Waals surface area contributed by atoms with Crippen LogP contribution in [0.15, 0.2) is 24.3 Å². The summed E-state index contributed by atoms with van der Waals surface area (Å²) in [5, 5.41) is 9.82. The second-order valence-corrected chi connectivity index (χ2v) is 5.22. The van der Waals surface area contributed by atoms with Crippen molar-refractivity contribution in [3.63, 3.8) is 0 Å². The summed E-state index contributed by atoms with van der Waals surface area (Å²) in [4.78, 5) is 5.03. The summed E-state index contributed by atoms with van der Waals surface area (Å²) < 4.78 is 11.0. The zero-order valence-corrected chi connectivity index (χ0v) is 12.4. The first-order chi connectivity index (χ1) is 9.72.